The Balaban J connectivity index is 1.62. The van der Waals surface area contributed by atoms with Crippen molar-refractivity contribution in [1.82, 2.24) is 19.6 Å². The van der Waals surface area contributed by atoms with Gasteiger partial charge in [-0.25, -0.2) is 9.36 Å². The van der Waals surface area contributed by atoms with Gasteiger partial charge in [-0.15, -0.1) is 0 Å². The first kappa shape index (κ1) is 24.2. The monoisotopic (exact) mass is 521 g/mol. The minimum Gasteiger partial charge on any atom is -0.278 e. The lowest BCUT2D eigenvalue weighted by atomic mass is 9.81. The molecule has 1 aliphatic rings. The lowest BCUT2D eigenvalue weighted by molar-refractivity contribution is 0.821. The van der Waals surface area contributed by atoms with Crippen molar-refractivity contribution in [3.63, 3.8) is 0 Å². The van der Waals surface area contributed by atoms with Gasteiger partial charge in [0, 0.05) is 22.7 Å². The maximum atomic E-state index is 5.19. The van der Waals surface area contributed by atoms with E-state index in [4.69, 9.17) is 10.2 Å². The molecule has 6 aromatic rings. The molecule has 0 bridgehead atoms. The van der Waals surface area contributed by atoms with Crippen LogP contribution in [0.15, 0.2) is 109 Å². The molecule has 196 valence electrons. The molecule has 3 heterocycles. The minimum atomic E-state index is -0.0118. The van der Waals surface area contributed by atoms with Crippen LogP contribution < -0.4 is 4.90 Å². The molecule has 0 saturated heterocycles. The molecular weight excluding hydrogens is 490 g/mol. The molecule has 5 nitrogen and oxygen atoms in total. The second kappa shape index (κ2) is 9.38. The van der Waals surface area contributed by atoms with Crippen molar-refractivity contribution in [3.8, 4) is 11.4 Å². The van der Waals surface area contributed by atoms with E-state index in [0.29, 0.717) is 0 Å². The van der Waals surface area contributed by atoms with Gasteiger partial charge < -0.3 is 0 Å². The van der Waals surface area contributed by atoms with Crippen LogP contribution in [0, 0.1) is 27.7 Å². The number of fused-ring (bicyclic) bond motifs is 2. The SMILES string of the molecule is Cc1ccc(C2c3c(C)nn(-c4ccccc4)c3N(c3ccc(C)cc3)c3c2c(C)nn3-c2ccccc2)cc1. The summed E-state index contributed by atoms with van der Waals surface area (Å²) in [5, 5.41) is 10.4. The number of hydrogen-bond donors (Lipinski definition) is 0. The highest BCUT2D eigenvalue weighted by atomic mass is 15.5. The standard InChI is InChI=1S/C35H31N5/c1-23-15-19-27(20-16-23)33-31-25(3)36-39(29-11-7-5-8-12-29)34(31)38(28-21-17-24(2)18-22-28)35-32(33)26(4)37-40(35)30-13-9-6-10-14-30/h5-22,33H,1-4H3. The van der Waals surface area contributed by atoms with E-state index in [1.54, 1.807) is 0 Å². The second-order valence-corrected chi connectivity index (χ2v) is 10.7. The number of hydrogen-bond acceptors (Lipinski definition) is 3. The molecule has 0 spiro atoms. The number of anilines is 3. The molecule has 0 fully saturated rings. The van der Waals surface area contributed by atoms with Gasteiger partial charge in [0.25, 0.3) is 0 Å². The van der Waals surface area contributed by atoms with Crippen LogP contribution in [0.2, 0.25) is 0 Å². The fourth-order valence-electron chi connectivity index (χ4n) is 5.93. The average Bonchev–Trinajstić information content (AvgIpc) is 3.51. The van der Waals surface area contributed by atoms with Crippen LogP contribution in [-0.4, -0.2) is 19.6 Å². The second-order valence-electron chi connectivity index (χ2n) is 10.7. The number of rotatable bonds is 4. The van der Waals surface area contributed by atoms with Gasteiger partial charge in [-0.05, 0) is 69.7 Å². The Kier molecular flexibility index (Phi) is 5.67. The Labute approximate surface area is 235 Å². The summed E-state index contributed by atoms with van der Waals surface area (Å²) in [5.41, 5.74) is 11.3. The number of para-hydroxylation sites is 2. The molecule has 0 radical (unpaired) electrons. The highest BCUT2D eigenvalue weighted by Gasteiger charge is 2.42. The first-order valence-corrected chi connectivity index (χ1v) is 13.7. The third kappa shape index (κ3) is 3.77. The van der Waals surface area contributed by atoms with Crippen molar-refractivity contribution in [3.05, 3.63) is 148 Å². The van der Waals surface area contributed by atoms with Gasteiger partial charge in [-0.1, -0.05) is 83.9 Å². The molecule has 0 N–H and O–H groups in total. The normalized spacial score (nSPS) is 12.8. The van der Waals surface area contributed by atoms with E-state index < -0.39 is 0 Å². The predicted molar refractivity (Wildman–Crippen MR) is 162 cm³/mol. The quantitative estimate of drug-likeness (QED) is 0.234. The topological polar surface area (TPSA) is 38.9 Å². The number of aromatic nitrogens is 4. The van der Waals surface area contributed by atoms with Gasteiger partial charge in [0.2, 0.25) is 0 Å². The van der Waals surface area contributed by atoms with Crippen LogP contribution in [0.25, 0.3) is 11.4 Å². The number of nitrogens with zero attached hydrogens (tertiary/aromatic N) is 5. The predicted octanol–water partition coefficient (Wildman–Crippen LogP) is 8.26. The zero-order valence-electron chi connectivity index (χ0n) is 23.2. The maximum absolute atomic E-state index is 5.19. The summed E-state index contributed by atoms with van der Waals surface area (Å²) in [6, 6.07) is 38.5. The van der Waals surface area contributed by atoms with Crippen LogP contribution in [0.1, 0.15) is 45.1 Å². The zero-order valence-corrected chi connectivity index (χ0v) is 23.2. The van der Waals surface area contributed by atoms with Crippen LogP contribution in [-0.2, 0) is 0 Å². The Hall–Kier alpha value is -4.90. The Morgan fingerprint density at radius 2 is 0.900 bits per heavy atom. The Morgan fingerprint density at radius 1 is 0.475 bits per heavy atom. The third-order valence-electron chi connectivity index (χ3n) is 7.87. The van der Waals surface area contributed by atoms with Crippen molar-refractivity contribution in [1.29, 1.82) is 0 Å². The summed E-state index contributed by atoms with van der Waals surface area (Å²) in [7, 11) is 0. The van der Waals surface area contributed by atoms with Crippen molar-refractivity contribution >= 4 is 17.3 Å². The van der Waals surface area contributed by atoms with Crippen molar-refractivity contribution < 1.29 is 0 Å². The first-order chi connectivity index (χ1) is 19.5. The van der Waals surface area contributed by atoms with E-state index in [1.807, 2.05) is 12.1 Å². The smallest absolute Gasteiger partial charge is 0.147 e. The van der Waals surface area contributed by atoms with E-state index >= 15 is 0 Å². The third-order valence-corrected chi connectivity index (χ3v) is 7.87. The molecule has 0 atom stereocenters. The zero-order chi connectivity index (χ0) is 27.4. The maximum Gasteiger partial charge on any atom is 0.147 e. The van der Waals surface area contributed by atoms with Crippen LogP contribution >= 0.6 is 0 Å². The van der Waals surface area contributed by atoms with Gasteiger partial charge in [0.05, 0.1) is 22.8 Å². The molecule has 0 amide bonds. The van der Waals surface area contributed by atoms with E-state index in [2.05, 4.69) is 139 Å². The molecule has 0 aliphatic carbocycles. The van der Waals surface area contributed by atoms with E-state index in [-0.39, 0.29) is 5.92 Å². The highest BCUT2D eigenvalue weighted by Crippen LogP contribution is 2.54. The van der Waals surface area contributed by atoms with Crippen molar-refractivity contribution in [2.75, 3.05) is 4.90 Å². The van der Waals surface area contributed by atoms with Gasteiger partial charge in [0.15, 0.2) is 0 Å². The van der Waals surface area contributed by atoms with Gasteiger partial charge in [-0.3, -0.25) is 4.90 Å². The summed E-state index contributed by atoms with van der Waals surface area (Å²) in [6.45, 7) is 8.53. The van der Waals surface area contributed by atoms with Crippen LogP contribution in [0.5, 0.6) is 0 Å². The molecule has 0 saturated carbocycles. The fourth-order valence-corrected chi connectivity index (χ4v) is 5.93. The average molecular weight is 522 g/mol. The Bertz CT molecular complexity index is 1720. The molecule has 2 aromatic heterocycles. The molecule has 5 heteroatoms. The summed E-state index contributed by atoms with van der Waals surface area (Å²) in [6.07, 6.45) is 0. The first-order valence-electron chi connectivity index (χ1n) is 13.7. The summed E-state index contributed by atoms with van der Waals surface area (Å²) < 4.78 is 4.21. The van der Waals surface area contributed by atoms with Crippen molar-refractivity contribution in [2.45, 2.75) is 33.6 Å². The minimum absolute atomic E-state index is 0.0118. The number of benzene rings is 4. The van der Waals surface area contributed by atoms with Gasteiger partial charge in [0.1, 0.15) is 11.6 Å². The molecule has 7 rings (SSSR count). The van der Waals surface area contributed by atoms with E-state index in [1.165, 1.54) is 27.8 Å². The molecule has 4 aromatic carbocycles. The van der Waals surface area contributed by atoms with Gasteiger partial charge in [-0.2, -0.15) is 10.2 Å². The molecular formula is C35H31N5. The molecule has 40 heavy (non-hydrogen) atoms. The lowest BCUT2D eigenvalue weighted by Crippen LogP contribution is -2.26. The van der Waals surface area contributed by atoms with Gasteiger partial charge >= 0.3 is 0 Å². The summed E-state index contributed by atoms with van der Waals surface area (Å²) >= 11 is 0. The van der Waals surface area contributed by atoms with Crippen LogP contribution in [0.3, 0.4) is 0 Å². The summed E-state index contributed by atoms with van der Waals surface area (Å²) in [5.74, 6) is 2.08. The number of aryl methyl sites for hydroxylation is 4. The van der Waals surface area contributed by atoms with Crippen molar-refractivity contribution in [2.24, 2.45) is 0 Å². The largest absolute Gasteiger partial charge is 0.278 e. The summed E-state index contributed by atoms with van der Waals surface area (Å²) in [4.78, 5) is 2.36. The van der Waals surface area contributed by atoms with E-state index in [0.717, 1.165) is 40.1 Å². The fraction of sp³-hybridized carbons (Fsp3) is 0.143. The highest BCUT2D eigenvalue weighted by molar-refractivity contribution is 5.85. The molecule has 0 unspecified atom stereocenters. The lowest BCUT2D eigenvalue weighted by Gasteiger charge is -2.35. The van der Waals surface area contributed by atoms with Crippen LogP contribution in [0.4, 0.5) is 17.3 Å². The Morgan fingerprint density at radius 3 is 1.35 bits per heavy atom. The van der Waals surface area contributed by atoms with E-state index in [9.17, 15) is 0 Å². The molecule has 1 aliphatic heterocycles.